The van der Waals surface area contributed by atoms with Gasteiger partial charge in [-0.2, -0.15) is 0 Å². The van der Waals surface area contributed by atoms with Crippen molar-refractivity contribution in [1.29, 1.82) is 0 Å². The number of anilines is 2. The Bertz CT molecular complexity index is 418. The summed E-state index contributed by atoms with van der Waals surface area (Å²) in [6.45, 7) is 4.27. The molecule has 0 bridgehead atoms. The van der Waals surface area contributed by atoms with E-state index in [0.717, 1.165) is 0 Å². The number of carboxylic acids is 1. The van der Waals surface area contributed by atoms with Crippen LogP contribution in [0.5, 0.6) is 0 Å². The van der Waals surface area contributed by atoms with Crippen molar-refractivity contribution in [3.8, 4) is 0 Å². The minimum absolute atomic E-state index is 0.0464. The van der Waals surface area contributed by atoms with Crippen LogP contribution in [0.1, 0.15) is 24.3 Å². The summed E-state index contributed by atoms with van der Waals surface area (Å²) in [7, 11) is 1.59. The highest BCUT2D eigenvalue weighted by Crippen LogP contribution is 2.20. The van der Waals surface area contributed by atoms with Crippen molar-refractivity contribution in [2.75, 3.05) is 24.8 Å². The lowest BCUT2D eigenvalue weighted by Gasteiger charge is -2.26. The van der Waals surface area contributed by atoms with Crippen molar-refractivity contribution >= 4 is 17.5 Å². The molecule has 4 N–H and O–H groups in total. The Labute approximate surface area is 99.8 Å². The van der Waals surface area contributed by atoms with Crippen molar-refractivity contribution in [3.63, 3.8) is 0 Å². The van der Waals surface area contributed by atoms with Gasteiger partial charge in [-0.05, 0) is 26.0 Å². The smallest absolute Gasteiger partial charge is 0.354 e. The predicted octanol–water partition coefficient (Wildman–Crippen LogP) is 1.20. The van der Waals surface area contributed by atoms with Crippen LogP contribution in [0.25, 0.3) is 0 Å². The Morgan fingerprint density at radius 2 is 2.24 bits per heavy atom. The molecule has 0 spiro atoms. The van der Waals surface area contributed by atoms with Crippen molar-refractivity contribution < 1.29 is 14.6 Å². The zero-order chi connectivity index (χ0) is 13.1. The van der Waals surface area contributed by atoms with E-state index >= 15 is 0 Å². The van der Waals surface area contributed by atoms with Crippen LogP contribution in [-0.2, 0) is 4.74 Å². The molecule has 94 valence electrons. The predicted molar refractivity (Wildman–Crippen MR) is 65.2 cm³/mol. The lowest BCUT2D eigenvalue weighted by Crippen LogP contribution is -2.36. The first-order valence-corrected chi connectivity index (χ1v) is 5.12. The second-order valence-corrected chi connectivity index (χ2v) is 4.38. The van der Waals surface area contributed by atoms with Gasteiger partial charge in [-0.3, -0.25) is 0 Å². The summed E-state index contributed by atoms with van der Waals surface area (Å²) in [5.41, 5.74) is 5.71. The van der Waals surface area contributed by atoms with Crippen molar-refractivity contribution in [2.24, 2.45) is 0 Å². The molecule has 6 nitrogen and oxygen atoms in total. The first-order valence-electron chi connectivity index (χ1n) is 5.12. The highest BCUT2D eigenvalue weighted by Gasteiger charge is 2.19. The standard InChI is InChI=1S/C11H17N3O3/c1-11(2,6-17-3)14-9-7(12)4-5-8(13-9)10(15)16/h4-5H,6,12H2,1-3H3,(H,13,14)(H,15,16). The van der Waals surface area contributed by atoms with Gasteiger partial charge in [0.05, 0.1) is 17.8 Å². The number of methoxy groups -OCH3 is 1. The van der Waals surface area contributed by atoms with Crippen LogP contribution in [0.15, 0.2) is 12.1 Å². The lowest BCUT2D eigenvalue weighted by atomic mass is 10.1. The molecule has 6 heteroatoms. The van der Waals surface area contributed by atoms with E-state index < -0.39 is 5.97 Å². The van der Waals surface area contributed by atoms with Gasteiger partial charge in [0.25, 0.3) is 0 Å². The zero-order valence-electron chi connectivity index (χ0n) is 10.2. The van der Waals surface area contributed by atoms with E-state index in [0.29, 0.717) is 18.1 Å². The van der Waals surface area contributed by atoms with Gasteiger partial charge in [0, 0.05) is 7.11 Å². The average molecular weight is 239 g/mol. The summed E-state index contributed by atoms with van der Waals surface area (Å²) in [5.74, 6) is -0.732. The van der Waals surface area contributed by atoms with Gasteiger partial charge in [-0.1, -0.05) is 0 Å². The number of ether oxygens (including phenoxy) is 1. The lowest BCUT2D eigenvalue weighted by molar-refractivity contribution is 0.0690. The molecule has 1 heterocycles. The first-order chi connectivity index (χ1) is 7.85. The van der Waals surface area contributed by atoms with E-state index in [-0.39, 0.29) is 11.2 Å². The molecule has 0 radical (unpaired) electrons. The molecule has 0 saturated heterocycles. The normalized spacial score (nSPS) is 11.2. The van der Waals surface area contributed by atoms with Gasteiger partial charge < -0.3 is 20.9 Å². The van der Waals surface area contributed by atoms with Crippen LogP contribution in [0.3, 0.4) is 0 Å². The second-order valence-electron chi connectivity index (χ2n) is 4.38. The van der Waals surface area contributed by atoms with Crippen LogP contribution in [0, 0.1) is 0 Å². The summed E-state index contributed by atoms with van der Waals surface area (Å²) in [6, 6.07) is 2.88. The van der Waals surface area contributed by atoms with Crippen molar-refractivity contribution in [2.45, 2.75) is 19.4 Å². The van der Waals surface area contributed by atoms with Crippen molar-refractivity contribution in [3.05, 3.63) is 17.8 Å². The molecule has 0 amide bonds. The maximum absolute atomic E-state index is 10.8. The molecule has 1 aromatic rings. The third kappa shape index (κ3) is 3.60. The van der Waals surface area contributed by atoms with Gasteiger partial charge in [-0.15, -0.1) is 0 Å². The molecule has 0 fully saturated rings. The summed E-state index contributed by atoms with van der Waals surface area (Å²) >= 11 is 0. The molecule has 1 aromatic heterocycles. The van der Waals surface area contributed by atoms with E-state index in [1.807, 2.05) is 13.8 Å². The number of pyridine rings is 1. The minimum atomic E-state index is -1.09. The van der Waals surface area contributed by atoms with Crippen LogP contribution >= 0.6 is 0 Å². The molecule has 0 saturated carbocycles. The Balaban J connectivity index is 2.97. The Hall–Kier alpha value is -1.82. The number of aromatic nitrogens is 1. The van der Waals surface area contributed by atoms with E-state index in [4.69, 9.17) is 15.6 Å². The van der Waals surface area contributed by atoms with E-state index in [9.17, 15) is 4.79 Å². The topological polar surface area (TPSA) is 97.5 Å². The summed E-state index contributed by atoms with van der Waals surface area (Å²) in [4.78, 5) is 14.7. The summed E-state index contributed by atoms with van der Waals surface area (Å²) in [6.07, 6.45) is 0. The van der Waals surface area contributed by atoms with Gasteiger partial charge in [0.1, 0.15) is 0 Å². The molecule has 0 atom stereocenters. The molecular formula is C11H17N3O3. The Morgan fingerprint density at radius 1 is 1.59 bits per heavy atom. The fraction of sp³-hybridized carbons (Fsp3) is 0.455. The first kappa shape index (κ1) is 13.2. The van der Waals surface area contributed by atoms with Crippen LogP contribution < -0.4 is 11.1 Å². The number of hydrogen-bond donors (Lipinski definition) is 3. The SMILES string of the molecule is COCC(C)(C)Nc1nc(C(=O)O)ccc1N. The van der Waals surface area contributed by atoms with E-state index in [2.05, 4.69) is 10.3 Å². The third-order valence-corrected chi connectivity index (χ3v) is 2.11. The Kier molecular flexibility index (Phi) is 3.90. The molecule has 17 heavy (non-hydrogen) atoms. The summed E-state index contributed by atoms with van der Waals surface area (Å²) < 4.78 is 5.05. The second kappa shape index (κ2) is 5.01. The highest BCUT2D eigenvalue weighted by molar-refractivity contribution is 5.86. The number of carboxylic acid groups (broad SMARTS) is 1. The molecule has 0 aromatic carbocycles. The molecule has 0 aliphatic rings. The number of carbonyl (C=O) groups is 1. The van der Waals surface area contributed by atoms with Gasteiger partial charge in [-0.25, -0.2) is 9.78 Å². The van der Waals surface area contributed by atoms with Crippen LogP contribution in [-0.4, -0.2) is 35.3 Å². The number of nitrogens with zero attached hydrogens (tertiary/aromatic N) is 1. The molecule has 0 unspecified atom stereocenters. The monoisotopic (exact) mass is 239 g/mol. The van der Waals surface area contributed by atoms with Gasteiger partial charge >= 0.3 is 5.97 Å². The van der Waals surface area contributed by atoms with E-state index in [1.165, 1.54) is 12.1 Å². The number of nitrogens with one attached hydrogen (secondary N) is 1. The van der Waals surface area contributed by atoms with Crippen molar-refractivity contribution in [1.82, 2.24) is 4.98 Å². The molecular weight excluding hydrogens is 222 g/mol. The number of aromatic carboxylic acids is 1. The molecule has 0 aliphatic carbocycles. The van der Waals surface area contributed by atoms with Crippen LogP contribution in [0.4, 0.5) is 11.5 Å². The maximum atomic E-state index is 10.8. The largest absolute Gasteiger partial charge is 0.477 e. The quantitative estimate of drug-likeness (QED) is 0.714. The molecule has 1 rings (SSSR count). The fourth-order valence-corrected chi connectivity index (χ4v) is 1.41. The van der Waals surface area contributed by atoms with E-state index in [1.54, 1.807) is 7.11 Å². The number of rotatable bonds is 5. The van der Waals surface area contributed by atoms with Gasteiger partial charge in [0.2, 0.25) is 0 Å². The number of nitrogens with two attached hydrogens (primary N) is 1. The van der Waals surface area contributed by atoms with Gasteiger partial charge in [0.15, 0.2) is 11.5 Å². The molecule has 0 aliphatic heterocycles. The highest BCUT2D eigenvalue weighted by atomic mass is 16.5. The number of hydrogen-bond acceptors (Lipinski definition) is 5. The zero-order valence-corrected chi connectivity index (χ0v) is 10.2. The fourth-order valence-electron chi connectivity index (χ4n) is 1.41. The average Bonchev–Trinajstić information content (AvgIpc) is 2.20. The summed E-state index contributed by atoms with van der Waals surface area (Å²) in [5, 5.41) is 11.9. The number of nitrogen functional groups attached to an aromatic ring is 1. The Morgan fingerprint density at radius 3 is 2.76 bits per heavy atom. The maximum Gasteiger partial charge on any atom is 0.354 e. The minimum Gasteiger partial charge on any atom is -0.477 e. The third-order valence-electron chi connectivity index (χ3n) is 2.11. The van der Waals surface area contributed by atoms with Crippen LogP contribution in [0.2, 0.25) is 0 Å².